The summed E-state index contributed by atoms with van der Waals surface area (Å²) in [6.07, 6.45) is 2.01. The topological polar surface area (TPSA) is 61.8 Å². The molecule has 2 aliphatic heterocycles. The van der Waals surface area contributed by atoms with Crippen LogP contribution in [0.4, 0.5) is 10.6 Å². The number of rotatable bonds is 2. The van der Waals surface area contributed by atoms with Crippen LogP contribution in [-0.4, -0.2) is 57.6 Å². The number of aromatic nitrogens is 2. The molecule has 2 aromatic rings. The maximum Gasteiger partial charge on any atom is 0.410 e. The number of carbonyl (C=O) groups is 1. The van der Waals surface area contributed by atoms with Gasteiger partial charge in [0.05, 0.1) is 5.69 Å². The normalized spacial score (nSPS) is 20.9. The van der Waals surface area contributed by atoms with Crippen molar-refractivity contribution in [2.75, 3.05) is 31.1 Å². The molecule has 1 unspecified atom stereocenters. The highest BCUT2D eigenvalue weighted by molar-refractivity contribution is 6.28. The molecule has 8 heteroatoms. The van der Waals surface area contributed by atoms with E-state index in [0.29, 0.717) is 37.5 Å². The lowest BCUT2D eigenvalue weighted by Crippen LogP contribution is -2.50. The van der Waals surface area contributed by atoms with Crippen LogP contribution in [0.2, 0.25) is 5.28 Å². The summed E-state index contributed by atoms with van der Waals surface area (Å²) in [7, 11) is 0. The van der Waals surface area contributed by atoms with Crippen LogP contribution in [0.5, 0.6) is 0 Å². The molecule has 3 aliphatic rings. The average molecular weight is 456 g/mol. The lowest BCUT2D eigenvalue weighted by Gasteiger charge is -2.36. The molecular weight excluding hydrogens is 426 g/mol. The van der Waals surface area contributed by atoms with Crippen LogP contribution in [0.3, 0.4) is 0 Å². The van der Waals surface area contributed by atoms with E-state index in [9.17, 15) is 4.79 Å². The fourth-order valence-corrected chi connectivity index (χ4v) is 5.24. The Morgan fingerprint density at radius 3 is 2.59 bits per heavy atom. The molecule has 1 aromatic heterocycles. The summed E-state index contributed by atoms with van der Waals surface area (Å²) < 4.78 is 5.53. The zero-order valence-electron chi connectivity index (χ0n) is 19.0. The fraction of sp³-hybridized carbons (Fsp3) is 0.542. The number of piperazine rings is 1. The van der Waals surface area contributed by atoms with E-state index in [2.05, 4.69) is 44.0 Å². The smallest absolute Gasteiger partial charge is 0.410 e. The maximum absolute atomic E-state index is 12.4. The molecule has 32 heavy (non-hydrogen) atoms. The minimum Gasteiger partial charge on any atom is -0.444 e. The largest absolute Gasteiger partial charge is 0.444 e. The van der Waals surface area contributed by atoms with E-state index < -0.39 is 5.60 Å². The Morgan fingerprint density at radius 2 is 1.84 bits per heavy atom. The number of nitrogens with zero attached hydrogens (tertiary/aromatic N) is 5. The highest BCUT2D eigenvalue weighted by atomic mass is 35.5. The van der Waals surface area contributed by atoms with E-state index >= 15 is 0 Å². The third-order valence-electron chi connectivity index (χ3n) is 6.53. The van der Waals surface area contributed by atoms with Crippen molar-refractivity contribution in [3.8, 4) is 0 Å². The molecule has 1 aliphatic carbocycles. The van der Waals surface area contributed by atoms with Crippen molar-refractivity contribution in [3.05, 3.63) is 51.9 Å². The van der Waals surface area contributed by atoms with Crippen molar-refractivity contribution < 1.29 is 9.53 Å². The third-order valence-corrected chi connectivity index (χ3v) is 6.70. The Hall–Kier alpha value is -2.38. The van der Waals surface area contributed by atoms with E-state index in [1.54, 1.807) is 4.90 Å². The first kappa shape index (κ1) is 21.5. The van der Waals surface area contributed by atoms with Crippen molar-refractivity contribution in [2.45, 2.75) is 58.3 Å². The number of aryl methyl sites for hydroxylation is 1. The average Bonchev–Trinajstić information content (AvgIpc) is 3.36. The Bertz CT molecular complexity index is 1030. The molecule has 3 heterocycles. The van der Waals surface area contributed by atoms with Crippen molar-refractivity contribution in [2.24, 2.45) is 0 Å². The van der Waals surface area contributed by atoms with Gasteiger partial charge in [0.2, 0.25) is 5.28 Å². The standard InChI is InChI=1S/C24H30ClN5O2/c1-24(2,3)32-23(31)29-12-10-28(11-13-29)21-18-14-30(15-19(18)26-22(25)27-21)20-9-8-16-6-4-5-7-17(16)20/h4-7,20H,8-15H2,1-3H3. The molecule has 1 saturated heterocycles. The Morgan fingerprint density at radius 1 is 1.09 bits per heavy atom. The Balaban J connectivity index is 1.31. The maximum atomic E-state index is 12.4. The van der Waals surface area contributed by atoms with E-state index in [-0.39, 0.29) is 6.09 Å². The van der Waals surface area contributed by atoms with Crippen LogP contribution < -0.4 is 4.90 Å². The number of carbonyl (C=O) groups excluding carboxylic acids is 1. The second-order valence-electron chi connectivity index (χ2n) is 9.85. The van der Waals surface area contributed by atoms with Crippen molar-refractivity contribution in [1.29, 1.82) is 0 Å². The monoisotopic (exact) mass is 455 g/mol. The van der Waals surface area contributed by atoms with Gasteiger partial charge < -0.3 is 14.5 Å². The van der Waals surface area contributed by atoms with Gasteiger partial charge in [-0.15, -0.1) is 0 Å². The summed E-state index contributed by atoms with van der Waals surface area (Å²) in [6.45, 7) is 9.90. The van der Waals surface area contributed by atoms with Crippen LogP contribution in [0, 0.1) is 0 Å². The van der Waals surface area contributed by atoms with Crippen molar-refractivity contribution >= 4 is 23.5 Å². The summed E-state index contributed by atoms with van der Waals surface area (Å²) in [4.78, 5) is 28.1. The summed E-state index contributed by atoms with van der Waals surface area (Å²) in [6, 6.07) is 9.17. The van der Waals surface area contributed by atoms with Gasteiger partial charge in [-0.3, -0.25) is 4.90 Å². The lowest BCUT2D eigenvalue weighted by atomic mass is 10.1. The third kappa shape index (κ3) is 4.16. The molecule has 0 spiro atoms. The number of amides is 1. The quantitative estimate of drug-likeness (QED) is 0.633. The summed E-state index contributed by atoms with van der Waals surface area (Å²) in [5.41, 5.74) is 4.60. The second-order valence-corrected chi connectivity index (χ2v) is 10.2. The van der Waals surface area contributed by atoms with Crippen LogP contribution in [0.25, 0.3) is 0 Å². The number of fused-ring (bicyclic) bond motifs is 2. The highest BCUT2D eigenvalue weighted by Gasteiger charge is 2.36. The Kier molecular flexibility index (Phi) is 5.50. The second kappa shape index (κ2) is 8.19. The summed E-state index contributed by atoms with van der Waals surface area (Å²) >= 11 is 6.34. The molecule has 0 N–H and O–H groups in total. The molecule has 0 bridgehead atoms. The van der Waals surface area contributed by atoms with Gasteiger partial charge in [-0.05, 0) is 56.3 Å². The number of benzene rings is 1. The SMILES string of the molecule is CC(C)(C)OC(=O)N1CCN(c2nc(Cl)nc3c2CN(C2CCc4ccccc42)C3)CC1. The molecule has 1 amide bonds. The molecule has 7 nitrogen and oxygen atoms in total. The lowest BCUT2D eigenvalue weighted by molar-refractivity contribution is 0.0240. The van der Waals surface area contributed by atoms with Gasteiger partial charge in [0.1, 0.15) is 11.4 Å². The predicted octanol–water partition coefficient (Wildman–Crippen LogP) is 4.19. The van der Waals surface area contributed by atoms with Crippen LogP contribution in [0.1, 0.15) is 55.6 Å². The molecule has 1 atom stereocenters. The van der Waals surface area contributed by atoms with Gasteiger partial charge in [-0.25, -0.2) is 14.8 Å². The van der Waals surface area contributed by atoms with Gasteiger partial charge >= 0.3 is 6.09 Å². The van der Waals surface area contributed by atoms with Gasteiger partial charge in [-0.1, -0.05) is 24.3 Å². The minimum absolute atomic E-state index is 0.255. The van der Waals surface area contributed by atoms with E-state index in [4.69, 9.17) is 16.3 Å². The van der Waals surface area contributed by atoms with Crippen molar-refractivity contribution in [1.82, 2.24) is 19.8 Å². The van der Waals surface area contributed by atoms with Gasteiger partial charge in [0, 0.05) is 50.9 Å². The first-order valence-corrected chi connectivity index (χ1v) is 11.8. The zero-order valence-corrected chi connectivity index (χ0v) is 19.7. The molecule has 0 saturated carbocycles. The van der Waals surface area contributed by atoms with E-state index in [0.717, 1.165) is 37.4 Å². The van der Waals surface area contributed by atoms with E-state index in [1.165, 1.54) is 16.7 Å². The number of halogens is 1. The number of hydrogen-bond acceptors (Lipinski definition) is 6. The minimum atomic E-state index is -0.489. The van der Waals surface area contributed by atoms with Crippen LogP contribution in [-0.2, 0) is 24.2 Å². The summed E-state index contributed by atoms with van der Waals surface area (Å²) in [5.74, 6) is 0.914. The molecule has 1 aromatic carbocycles. The molecular formula is C24H30ClN5O2. The van der Waals surface area contributed by atoms with Crippen molar-refractivity contribution in [3.63, 3.8) is 0 Å². The zero-order chi connectivity index (χ0) is 22.5. The molecule has 0 radical (unpaired) electrons. The number of hydrogen-bond donors (Lipinski definition) is 0. The summed E-state index contributed by atoms with van der Waals surface area (Å²) in [5, 5.41) is 0.294. The number of ether oxygens (including phenoxy) is 1. The van der Waals surface area contributed by atoms with Gasteiger partial charge in [0.25, 0.3) is 0 Å². The molecule has 5 rings (SSSR count). The van der Waals surface area contributed by atoms with Crippen LogP contribution >= 0.6 is 11.6 Å². The molecule has 170 valence electrons. The first-order chi connectivity index (χ1) is 15.3. The Labute approximate surface area is 194 Å². The fourth-order valence-electron chi connectivity index (χ4n) is 5.06. The van der Waals surface area contributed by atoms with Crippen LogP contribution in [0.15, 0.2) is 24.3 Å². The molecule has 1 fully saturated rings. The highest BCUT2D eigenvalue weighted by Crippen LogP contribution is 2.41. The van der Waals surface area contributed by atoms with Gasteiger partial charge in [0.15, 0.2) is 0 Å². The first-order valence-electron chi connectivity index (χ1n) is 11.4. The number of anilines is 1. The predicted molar refractivity (Wildman–Crippen MR) is 124 cm³/mol. The van der Waals surface area contributed by atoms with Gasteiger partial charge in [-0.2, -0.15) is 0 Å². The van der Waals surface area contributed by atoms with E-state index in [1.807, 2.05) is 20.8 Å².